The van der Waals surface area contributed by atoms with E-state index in [2.05, 4.69) is 41.7 Å². The Balaban J connectivity index is 1.78. The summed E-state index contributed by atoms with van der Waals surface area (Å²) in [5.74, 6) is 0.498. The Morgan fingerprint density at radius 2 is 1.50 bits per heavy atom. The van der Waals surface area contributed by atoms with Crippen LogP contribution in [0.5, 0.6) is 5.75 Å². The number of nitrogens with one attached hydrogen (secondary N) is 1. The molecule has 4 rings (SSSR count). The minimum atomic E-state index is -0.350. The summed E-state index contributed by atoms with van der Waals surface area (Å²) in [6, 6.07) is 29.8. The van der Waals surface area contributed by atoms with Crippen LogP contribution in [0, 0.1) is 0 Å². The zero-order valence-corrected chi connectivity index (χ0v) is 17.0. The maximum atomic E-state index is 11.7. The van der Waals surface area contributed by atoms with Crippen LogP contribution in [0.15, 0.2) is 91.0 Å². The lowest BCUT2D eigenvalue weighted by Gasteiger charge is -2.24. The number of fused-ring (bicyclic) bond motifs is 1. The molecule has 0 spiro atoms. The van der Waals surface area contributed by atoms with Crippen molar-refractivity contribution in [2.75, 3.05) is 19.5 Å². The molecule has 0 heterocycles. The molecule has 0 aromatic heterocycles. The third-order valence-corrected chi connectivity index (χ3v) is 5.18. The van der Waals surface area contributed by atoms with Crippen LogP contribution in [0.4, 0.5) is 5.69 Å². The predicted molar refractivity (Wildman–Crippen MR) is 120 cm³/mol. The second-order valence-electron chi connectivity index (χ2n) is 6.97. The second kappa shape index (κ2) is 8.70. The van der Waals surface area contributed by atoms with Crippen molar-refractivity contribution < 1.29 is 14.3 Å². The van der Waals surface area contributed by atoms with Crippen LogP contribution in [-0.4, -0.2) is 20.2 Å². The summed E-state index contributed by atoms with van der Waals surface area (Å²) < 4.78 is 10.7. The van der Waals surface area contributed by atoms with Gasteiger partial charge in [0.05, 0.1) is 25.8 Å². The van der Waals surface area contributed by atoms with E-state index in [1.165, 1.54) is 7.11 Å². The molecule has 0 amide bonds. The highest BCUT2D eigenvalue weighted by Gasteiger charge is 2.20. The Bertz CT molecular complexity index is 1150. The fourth-order valence-corrected chi connectivity index (χ4v) is 3.69. The van der Waals surface area contributed by atoms with Gasteiger partial charge in [-0.25, -0.2) is 4.79 Å². The first-order valence-electron chi connectivity index (χ1n) is 9.76. The number of rotatable bonds is 6. The van der Waals surface area contributed by atoms with Crippen LogP contribution in [0.2, 0.25) is 0 Å². The van der Waals surface area contributed by atoms with Crippen LogP contribution in [0.25, 0.3) is 10.8 Å². The zero-order chi connectivity index (χ0) is 20.9. The van der Waals surface area contributed by atoms with Crippen molar-refractivity contribution in [3.63, 3.8) is 0 Å². The van der Waals surface area contributed by atoms with E-state index in [0.29, 0.717) is 5.56 Å². The van der Waals surface area contributed by atoms with Gasteiger partial charge in [-0.3, -0.25) is 0 Å². The molecule has 0 aliphatic carbocycles. The molecule has 150 valence electrons. The van der Waals surface area contributed by atoms with Gasteiger partial charge in [-0.05, 0) is 35.2 Å². The van der Waals surface area contributed by atoms with E-state index < -0.39 is 0 Å². The average molecular weight is 397 g/mol. The van der Waals surface area contributed by atoms with Crippen molar-refractivity contribution >= 4 is 22.4 Å². The Hall–Kier alpha value is -3.79. The normalized spacial score (nSPS) is 11.7. The molecule has 1 unspecified atom stereocenters. The topological polar surface area (TPSA) is 47.6 Å². The Labute approximate surface area is 176 Å². The molecule has 4 aromatic rings. The van der Waals surface area contributed by atoms with Crippen molar-refractivity contribution in [1.82, 2.24) is 0 Å². The maximum absolute atomic E-state index is 11.7. The molecular formula is C26H23NO3. The summed E-state index contributed by atoms with van der Waals surface area (Å²) in [7, 11) is 3.09. The molecule has 4 nitrogen and oxygen atoms in total. The Morgan fingerprint density at radius 1 is 0.800 bits per heavy atom. The minimum absolute atomic E-state index is 0.130. The highest BCUT2D eigenvalue weighted by atomic mass is 16.5. The largest absolute Gasteiger partial charge is 0.496 e. The van der Waals surface area contributed by atoms with Gasteiger partial charge in [-0.1, -0.05) is 66.7 Å². The fraction of sp³-hybridized carbons (Fsp3) is 0.115. The maximum Gasteiger partial charge on any atom is 0.337 e. The van der Waals surface area contributed by atoms with Crippen molar-refractivity contribution in [2.24, 2.45) is 0 Å². The highest BCUT2D eigenvalue weighted by Crippen LogP contribution is 2.37. The summed E-state index contributed by atoms with van der Waals surface area (Å²) in [4.78, 5) is 11.7. The van der Waals surface area contributed by atoms with E-state index in [-0.39, 0.29) is 12.0 Å². The Kier molecular flexibility index (Phi) is 5.66. The number of ether oxygens (including phenoxy) is 2. The lowest BCUT2D eigenvalue weighted by Crippen LogP contribution is -2.14. The molecule has 1 atom stereocenters. The number of methoxy groups -OCH3 is 2. The molecule has 0 saturated carbocycles. The number of anilines is 1. The van der Waals surface area contributed by atoms with Gasteiger partial charge in [0, 0.05) is 16.6 Å². The number of carbonyl (C=O) groups is 1. The number of carbonyl (C=O) groups excluding carboxylic acids is 1. The van der Waals surface area contributed by atoms with E-state index in [0.717, 1.165) is 33.3 Å². The number of hydrogen-bond acceptors (Lipinski definition) is 4. The van der Waals surface area contributed by atoms with E-state index in [4.69, 9.17) is 9.47 Å². The second-order valence-corrected chi connectivity index (χ2v) is 6.97. The SMILES string of the molecule is COC(=O)c1ccc(NC(c2ccccc2)c2ccc3ccccc3c2OC)cc1. The van der Waals surface area contributed by atoms with Gasteiger partial charge in [-0.15, -0.1) is 0 Å². The molecule has 0 bridgehead atoms. The van der Waals surface area contributed by atoms with Crippen LogP contribution >= 0.6 is 0 Å². The van der Waals surface area contributed by atoms with Gasteiger partial charge in [0.25, 0.3) is 0 Å². The van der Waals surface area contributed by atoms with Gasteiger partial charge in [0.1, 0.15) is 5.75 Å². The van der Waals surface area contributed by atoms with Crippen molar-refractivity contribution in [3.05, 3.63) is 108 Å². The van der Waals surface area contributed by atoms with Gasteiger partial charge in [0.2, 0.25) is 0 Å². The average Bonchev–Trinajstić information content (AvgIpc) is 2.82. The molecule has 30 heavy (non-hydrogen) atoms. The molecule has 4 aromatic carbocycles. The molecule has 0 aliphatic rings. The van der Waals surface area contributed by atoms with Crippen molar-refractivity contribution in [3.8, 4) is 5.75 Å². The number of hydrogen-bond donors (Lipinski definition) is 1. The van der Waals surface area contributed by atoms with E-state index in [1.54, 1.807) is 19.2 Å². The van der Waals surface area contributed by atoms with Gasteiger partial charge in [0.15, 0.2) is 0 Å². The monoisotopic (exact) mass is 397 g/mol. The lowest BCUT2D eigenvalue weighted by molar-refractivity contribution is 0.0601. The standard InChI is InChI=1S/C26H23NO3/c1-29-25-22-11-7-6-8-18(22)14-17-23(25)24(19-9-4-3-5-10-19)27-21-15-12-20(13-16-21)26(28)30-2/h3-17,24,27H,1-2H3. The third kappa shape index (κ3) is 3.85. The smallest absolute Gasteiger partial charge is 0.337 e. The molecule has 1 N–H and O–H groups in total. The first-order chi connectivity index (χ1) is 14.7. The molecule has 0 aliphatic heterocycles. The number of benzene rings is 4. The number of esters is 1. The van der Waals surface area contributed by atoms with Crippen molar-refractivity contribution in [2.45, 2.75) is 6.04 Å². The van der Waals surface area contributed by atoms with Crippen LogP contribution in [0.3, 0.4) is 0 Å². The molecule has 0 radical (unpaired) electrons. The minimum Gasteiger partial charge on any atom is -0.496 e. The van der Waals surface area contributed by atoms with Crippen LogP contribution < -0.4 is 10.1 Å². The van der Waals surface area contributed by atoms with Gasteiger partial charge >= 0.3 is 5.97 Å². The molecule has 4 heteroatoms. The fourth-order valence-electron chi connectivity index (χ4n) is 3.69. The van der Waals surface area contributed by atoms with Gasteiger partial charge in [-0.2, -0.15) is 0 Å². The summed E-state index contributed by atoms with van der Waals surface area (Å²) in [6.45, 7) is 0. The molecular weight excluding hydrogens is 374 g/mol. The zero-order valence-electron chi connectivity index (χ0n) is 17.0. The summed E-state index contributed by atoms with van der Waals surface area (Å²) >= 11 is 0. The van der Waals surface area contributed by atoms with E-state index >= 15 is 0 Å². The quantitative estimate of drug-likeness (QED) is 0.416. The summed E-state index contributed by atoms with van der Waals surface area (Å²) in [6.07, 6.45) is 0. The van der Waals surface area contributed by atoms with Gasteiger partial charge < -0.3 is 14.8 Å². The van der Waals surface area contributed by atoms with E-state index in [9.17, 15) is 4.79 Å². The predicted octanol–water partition coefficient (Wildman–Crippen LogP) is 5.84. The third-order valence-electron chi connectivity index (χ3n) is 5.18. The van der Waals surface area contributed by atoms with E-state index in [1.807, 2.05) is 42.5 Å². The summed E-state index contributed by atoms with van der Waals surface area (Å²) in [5, 5.41) is 5.81. The highest BCUT2D eigenvalue weighted by molar-refractivity contribution is 5.91. The van der Waals surface area contributed by atoms with Crippen LogP contribution in [-0.2, 0) is 4.74 Å². The Morgan fingerprint density at radius 3 is 2.20 bits per heavy atom. The first-order valence-corrected chi connectivity index (χ1v) is 9.76. The lowest BCUT2D eigenvalue weighted by atomic mass is 9.94. The molecule has 0 saturated heterocycles. The van der Waals surface area contributed by atoms with Crippen LogP contribution in [0.1, 0.15) is 27.5 Å². The van der Waals surface area contributed by atoms with Crippen molar-refractivity contribution in [1.29, 1.82) is 0 Å². The summed E-state index contributed by atoms with van der Waals surface area (Å²) in [5.41, 5.74) is 3.57. The molecule has 0 fully saturated rings. The first kappa shape index (κ1) is 19.5.